The summed E-state index contributed by atoms with van der Waals surface area (Å²) in [5, 5.41) is 8.72. The molecule has 2 heterocycles. The van der Waals surface area contributed by atoms with Gasteiger partial charge in [-0.25, -0.2) is 13.1 Å². The minimum absolute atomic E-state index is 0.165. The lowest BCUT2D eigenvalue weighted by atomic mass is 10.1. The van der Waals surface area contributed by atoms with Crippen molar-refractivity contribution in [2.24, 2.45) is 12.2 Å². The first-order chi connectivity index (χ1) is 12.6. The zero-order chi connectivity index (χ0) is 21.9. The van der Waals surface area contributed by atoms with Crippen LogP contribution in [0.1, 0.15) is 31.5 Å². The molecule has 8 nitrogen and oxygen atoms in total. The number of hydrogen-bond donors (Lipinski definition) is 1. The maximum absolute atomic E-state index is 13.1. The third kappa shape index (κ3) is 6.02. The fourth-order valence-electron chi connectivity index (χ4n) is 2.19. The lowest BCUT2D eigenvalue weighted by Gasteiger charge is -2.13. The van der Waals surface area contributed by atoms with Crippen LogP contribution in [0.2, 0.25) is 0 Å². The van der Waals surface area contributed by atoms with E-state index >= 15 is 0 Å². The molecule has 0 saturated heterocycles. The van der Waals surface area contributed by atoms with Crippen LogP contribution in [-0.2, 0) is 33.7 Å². The predicted octanol–water partition coefficient (Wildman–Crippen LogP) is 2.30. The third-order valence-electron chi connectivity index (χ3n) is 3.22. The van der Waals surface area contributed by atoms with E-state index in [-0.39, 0.29) is 6.42 Å². The quantitative estimate of drug-likeness (QED) is 0.728. The highest BCUT2D eigenvalue weighted by atomic mass is 32.2. The Morgan fingerprint density at radius 2 is 1.86 bits per heavy atom. The number of aromatic nitrogens is 2. The number of sulfone groups is 1. The first-order valence-electron chi connectivity index (χ1n) is 7.78. The number of aryl methyl sites for hydroxylation is 1. The minimum atomic E-state index is -5.06. The molecule has 0 aromatic carbocycles. The molecule has 0 unspecified atom stereocenters. The van der Waals surface area contributed by atoms with Gasteiger partial charge in [-0.1, -0.05) is 5.16 Å². The SMILES string of the molecule is CNC.Cn1nc(C(F)(F)F)c(CS(=O)(=O)C2=NOC(C)(C)C2)c1OC(F)F. The molecule has 0 radical (unpaired) electrons. The molecular weight excluding hydrogens is 415 g/mol. The Labute approximate surface area is 158 Å². The van der Waals surface area contributed by atoms with Gasteiger partial charge in [0.2, 0.25) is 5.88 Å². The fourth-order valence-corrected chi connectivity index (χ4v) is 3.71. The summed E-state index contributed by atoms with van der Waals surface area (Å²) in [5.74, 6) is -2.24. The van der Waals surface area contributed by atoms with Crippen molar-refractivity contribution in [2.75, 3.05) is 14.1 Å². The van der Waals surface area contributed by atoms with Crippen molar-refractivity contribution in [1.29, 1.82) is 0 Å². The van der Waals surface area contributed by atoms with Crippen LogP contribution in [-0.4, -0.2) is 49.5 Å². The lowest BCUT2D eigenvalue weighted by molar-refractivity contribution is -0.142. The van der Waals surface area contributed by atoms with Gasteiger partial charge in [-0.2, -0.15) is 27.1 Å². The Bertz CT molecular complexity index is 818. The number of halogens is 5. The zero-order valence-corrected chi connectivity index (χ0v) is 16.6. The Morgan fingerprint density at radius 1 is 1.32 bits per heavy atom. The summed E-state index contributed by atoms with van der Waals surface area (Å²) >= 11 is 0. The summed E-state index contributed by atoms with van der Waals surface area (Å²) in [5.41, 5.74) is -3.57. The maximum Gasteiger partial charge on any atom is 0.435 e. The Kier molecular flexibility index (Phi) is 7.39. The second-order valence-electron chi connectivity index (χ2n) is 6.40. The largest absolute Gasteiger partial charge is 0.435 e. The van der Waals surface area contributed by atoms with Crippen molar-refractivity contribution in [1.82, 2.24) is 15.1 Å². The van der Waals surface area contributed by atoms with Gasteiger partial charge in [0, 0.05) is 13.5 Å². The number of rotatable bonds is 4. The van der Waals surface area contributed by atoms with E-state index in [1.807, 2.05) is 14.1 Å². The average Bonchev–Trinajstić information content (AvgIpc) is 3.01. The number of alkyl halides is 5. The summed E-state index contributed by atoms with van der Waals surface area (Å²) in [6.45, 7) is -0.380. The third-order valence-corrected chi connectivity index (χ3v) is 4.83. The molecule has 0 bridgehead atoms. The van der Waals surface area contributed by atoms with Crippen LogP contribution < -0.4 is 10.1 Å². The Balaban J connectivity index is 0.00000122. The van der Waals surface area contributed by atoms with Gasteiger partial charge in [-0.15, -0.1) is 0 Å². The van der Waals surface area contributed by atoms with Crippen molar-refractivity contribution in [3.05, 3.63) is 11.3 Å². The second-order valence-corrected chi connectivity index (χ2v) is 8.39. The molecule has 1 N–H and O–H groups in total. The monoisotopic (exact) mass is 436 g/mol. The van der Waals surface area contributed by atoms with Crippen LogP contribution in [0.4, 0.5) is 22.0 Å². The zero-order valence-electron chi connectivity index (χ0n) is 15.8. The number of ether oxygens (including phenoxy) is 1. The standard InChI is InChI=1S/C12H14F5N3O4S.C2H7N/c1-11(2)4-7(19-24-11)25(21,22)5-6-8(12(15,16)17)18-20(3)9(6)23-10(13)14;1-3-2/h10H,4-5H2,1-3H3;3H,1-2H3. The molecule has 2 rings (SSSR count). The highest BCUT2D eigenvalue weighted by Crippen LogP contribution is 2.38. The summed E-state index contributed by atoms with van der Waals surface area (Å²) in [7, 11) is 0.318. The smallest absolute Gasteiger partial charge is 0.417 e. The molecule has 1 aromatic rings. The van der Waals surface area contributed by atoms with E-state index in [1.165, 1.54) is 13.8 Å². The van der Waals surface area contributed by atoms with Crippen LogP contribution in [0.25, 0.3) is 0 Å². The van der Waals surface area contributed by atoms with Gasteiger partial charge in [0.25, 0.3) is 0 Å². The molecule has 1 aliphatic heterocycles. The van der Waals surface area contributed by atoms with Crippen LogP contribution in [0.15, 0.2) is 5.16 Å². The minimum Gasteiger partial charge on any atom is -0.417 e. The van der Waals surface area contributed by atoms with Crippen molar-refractivity contribution in [2.45, 2.75) is 44.4 Å². The summed E-state index contributed by atoms with van der Waals surface area (Å²) in [6.07, 6.45) is -5.22. The molecule has 0 aliphatic carbocycles. The van der Waals surface area contributed by atoms with Gasteiger partial charge in [-0.05, 0) is 27.9 Å². The van der Waals surface area contributed by atoms with Gasteiger partial charge in [-0.3, -0.25) is 0 Å². The first kappa shape index (κ1) is 24.1. The van der Waals surface area contributed by atoms with Crippen molar-refractivity contribution >= 4 is 14.9 Å². The second kappa shape index (κ2) is 8.59. The molecule has 0 spiro atoms. The highest BCUT2D eigenvalue weighted by molar-refractivity contribution is 8.05. The fraction of sp³-hybridized carbons (Fsp3) is 0.714. The molecule has 162 valence electrons. The summed E-state index contributed by atoms with van der Waals surface area (Å²) in [4.78, 5) is 4.89. The van der Waals surface area contributed by atoms with Crippen molar-refractivity contribution in [3.63, 3.8) is 0 Å². The van der Waals surface area contributed by atoms with Crippen LogP contribution >= 0.6 is 0 Å². The number of oxime groups is 1. The molecule has 0 fully saturated rings. The van der Waals surface area contributed by atoms with Gasteiger partial charge >= 0.3 is 12.8 Å². The van der Waals surface area contributed by atoms with E-state index in [1.54, 1.807) is 0 Å². The molecule has 1 aliphatic rings. The van der Waals surface area contributed by atoms with E-state index in [0.717, 1.165) is 7.05 Å². The van der Waals surface area contributed by atoms with Crippen LogP contribution in [0.5, 0.6) is 5.88 Å². The van der Waals surface area contributed by atoms with Gasteiger partial charge < -0.3 is 14.9 Å². The number of nitrogens with one attached hydrogen (secondary N) is 1. The molecule has 0 saturated carbocycles. The molecule has 14 heteroatoms. The van der Waals surface area contributed by atoms with Crippen LogP contribution in [0.3, 0.4) is 0 Å². The van der Waals surface area contributed by atoms with Crippen LogP contribution in [0, 0.1) is 0 Å². The van der Waals surface area contributed by atoms with E-state index in [0.29, 0.717) is 4.68 Å². The summed E-state index contributed by atoms with van der Waals surface area (Å²) < 4.78 is 93.4. The number of hydrogen-bond acceptors (Lipinski definition) is 7. The normalized spacial score (nSPS) is 16.3. The lowest BCUT2D eigenvalue weighted by Crippen LogP contribution is -2.24. The molecular formula is C14H21F5N4O4S. The number of nitrogens with zero attached hydrogens (tertiary/aromatic N) is 3. The van der Waals surface area contributed by atoms with Crippen molar-refractivity contribution < 1.29 is 39.9 Å². The molecule has 0 atom stereocenters. The van der Waals surface area contributed by atoms with Crippen molar-refractivity contribution in [3.8, 4) is 5.88 Å². The Morgan fingerprint density at radius 3 is 2.25 bits per heavy atom. The Hall–Kier alpha value is -1.96. The van der Waals surface area contributed by atoms with E-state index in [2.05, 4.69) is 20.3 Å². The highest BCUT2D eigenvalue weighted by Gasteiger charge is 2.43. The van der Waals surface area contributed by atoms with E-state index in [4.69, 9.17) is 4.84 Å². The summed E-state index contributed by atoms with van der Waals surface area (Å²) in [6, 6.07) is 0. The maximum atomic E-state index is 13.1. The van der Waals surface area contributed by atoms with Gasteiger partial charge in [0.1, 0.15) is 5.60 Å². The van der Waals surface area contributed by atoms with Gasteiger partial charge in [0.15, 0.2) is 20.6 Å². The molecule has 28 heavy (non-hydrogen) atoms. The van der Waals surface area contributed by atoms with E-state index in [9.17, 15) is 30.4 Å². The predicted molar refractivity (Wildman–Crippen MR) is 89.7 cm³/mol. The average molecular weight is 436 g/mol. The van der Waals surface area contributed by atoms with E-state index < -0.39 is 56.2 Å². The van der Waals surface area contributed by atoms with Gasteiger partial charge in [0.05, 0.1) is 11.3 Å². The molecule has 0 amide bonds. The molecule has 1 aromatic heterocycles. The first-order valence-corrected chi connectivity index (χ1v) is 9.44. The topological polar surface area (TPSA) is 94.8 Å².